The minimum atomic E-state index is -1.13. The Morgan fingerprint density at radius 2 is 2.06 bits per heavy atom. The first-order chi connectivity index (χ1) is 8.02. The first-order valence-corrected chi connectivity index (χ1v) is 4.79. The highest BCUT2D eigenvalue weighted by Crippen LogP contribution is 2.23. The van der Waals surface area contributed by atoms with Gasteiger partial charge in [0.1, 0.15) is 0 Å². The van der Waals surface area contributed by atoms with E-state index in [1.165, 1.54) is 0 Å². The van der Waals surface area contributed by atoms with Crippen molar-refractivity contribution in [2.45, 2.75) is 12.5 Å². The number of esters is 2. The van der Waals surface area contributed by atoms with Crippen molar-refractivity contribution < 1.29 is 27.8 Å². The van der Waals surface area contributed by atoms with E-state index in [1.54, 1.807) is 0 Å². The molecule has 90 valence electrons. The van der Waals surface area contributed by atoms with Gasteiger partial charge >= 0.3 is 11.9 Å². The van der Waals surface area contributed by atoms with E-state index in [0.29, 0.717) is 0 Å². The lowest BCUT2D eigenvalue weighted by molar-refractivity contribution is -0.151. The van der Waals surface area contributed by atoms with Crippen LogP contribution in [0.25, 0.3) is 0 Å². The van der Waals surface area contributed by atoms with E-state index in [9.17, 15) is 18.4 Å². The number of halogens is 2. The highest BCUT2D eigenvalue weighted by Gasteiger charge is 2.33. The van der Waals surface area contributed by atoms with Crippen molar-refractivity contribution in [3.05, 3.63) is 34.9 Å². The number of hydrogen-bond acceptors (Lipinski definition) is 4. The van der Waals surface area contributed by atoms with Crippen LogP contribution < -0.4 is 0 Å². The molecule has 0 fully saturated rings. The van der Waals surface area contributed by atoms with Crippen LogP contribution in [0.5, 0.6) is 0 Å². The summed E-state index contributed by atoms with van der Waals surface area (Å²) in [6, 6.07) is 1.65. The van der Waals surface area contributed by atoms with Crippen molar-refractivity contribution in [1.29, 1.82) is 0 Å². The Morgan fingerprint density at radius 3 is 2.71 bits per heavy atom. The number of ether oxygens (including phenoxy) is 2. The lowest BCUT2D eigenvalue weighted by Crippen LogP contribution is -2.35. The lowest BCUT2D eigenvalue weighted by atomic mass is 9.98. The summed E-state index contributed by atoms with van der Waals surface area (Å²) in [5, 5.41) is 0. The minimum Gasteiger partial charge on any atom is -0.466 e. The van der Waals surface area contributed by atoms with E-state index in [-0.39, 0.29) is 17.5 Å². The molecule has 2 rings (SSSR count). The molecule has 0 saturated heterocycles. The molecule has 6 heteroatoms. The van der Waals surface area contributed by atoms with Crippen LogP contribution in [0.1, 0.15) is 15.9 Å². The van der Waals surface area contributed by atoms with Gasteiger partial charge in [-0.25, -0.2) is 18.4 Å². The highest BCUT2D eigenvalue weighted by atomic mass is 19.2. The molecule has 0 aliphatic carbocycles. The monoisotopic (exact) mass is 242 g/mol. The molecule has 1 aliphatic heterocycles. The van der Waals surface area contributed by atoms with Crippen LogP contribution in [-0.4, -0.2) is 25.2 Å². The molecule has 0 spiro atoms. The summed E-state index contributed by atoms with van der Waals surface area (Å²) >= 11 is 0. The number of benzene rings is 1. The van der Waals surface area contributed by atoms with Gasteiger partial charge in [-0.15, -0.1) is 0 Å². The Hall–Kier alpha value is -1.98. The molecule has 1 unspecified atom stereocenters. The molecule has 1 atom stereocenters. The molecular weight excluding hydrogens is 234 g/mol. The number of carbonyl (C=O) groups excluding carboxylic acids is 2. The maximum absolute atomic E-state index is 13.0. The van der Waals surface area contributed by atoms with Crippen molar-refractivity contribution in [3.8, 4) is 0 Å². The maximum atomic E-state index is 13.0. The second-order valence-corrected chi connectivity index (χ2v) is 3.54. The highest BCUT2D eigenvalue weighted by molar-refractivity contribution is 5.94. The third-order valence-electron chi connectivity index (χ3n) is 2.48. The standard InChI is InChI=1S/C11H8F2O4/c1-16-11(15)9-3-5-2-7(12)8(13)4-6(5)10(14)17-9/h2,4,9H,3H2,1H3. The number of rotatable bonds is 1. The van der Waals surface area contributed by atoms with Gasteiger partial charge in [-0.1, -0.05) is 0 Å². The smallest absolute Gasteiger partial charge is 0.347 e. The van der Waals surface area contributed by atoms with Gasteiger partial charge in [-0.05, 0) is 17.7 Å². The molecule has 1 aromatic carbocycles. The molecule has 0 saturated carbocycles. The SMILES string of the molecule is COC(=O)C1Cc2cc(F)c(F)cc2C(=O)O1. The molecular formula is C11H8F2O4. The average molecular weight is 242 g/mol. The first-order valence-electron chi connectivity index (χ1n) is 4.79. The normalized spacial score (nSPS) is 18.3. The number of cyclic esters (lactones) is 1. The number of hydrogen-bond donors (Lipinski definition) is 0. The summed E-state index contributed by atoms with van der Waals surface area (Å²) in [7, 11) is 1.15. The van der Waals surface area contributed by atoms with E-state index < -0.39 is 29.7 Å². The summed E-state index contributed by atoms with van der Waals surface area (Å²) in [5.41, 5.74) is 0.166. The predicted molar refractivity (Wildman–Crippen MR) is 51.3 cm³/mol. The van der Waals surface area contributed by atoms with Crippen LogP contribution in [0.4, 0.5) is 8.78 Å². The minimum absolute atomic E-state index is 0.0229. The number of methoxy groups -OCH3 is 1. The molecule has 1 heterocycles. The predicted octanol–water partition coefficient (Wildman–Crippen LogP) is 1.22. The Bertz CT molecular complexity index is 498. The molecule has 0 amide bonds. The van der Waals surface area contributed by atoms with E-state index in [0.717, 1.165) is 19.2 Å². The topological polar surface area (TPSA) is 52.6 Å². The van der Waals surface area contributed by atoms with Gasteiger partial charge in [0, 0.05) is 6.42 Å². The summed E-state index contributed by atoms with van der Waals surface area (Å²) in [4.78, 5) is 22.7. The molecule has 0 aromatic heterocycles. The molecule has 17 heavy (non-hydrogen) atoms. The zero-order valence-electron chi connectivity index (χ0n) is 8.83. The average Bonchev–Trinajstić information content (AvgIpc) is 2.30. The van der Waals surface area contributed by atoms with Crippen molar-refractivity contribution in [2.75, 3.05) is 7.11 Å². The Morgan fingerprint density at radius 1 is 1.41 bits per heavy atom. The molecule has 4 nitrogen and oxygen atoms in total. The van der Waals surface area contributed by atoms with E-state index in [4.69, 9.17) is 4.74 Å². The van der Waals surface area contributed by atoms with Crippen LogP contribution >= 0.6 is 0 Å². The summed E-state index contributed by atoms with van der Waals surface area (Å²) in [6.07, 6.45) is -1.13. The quantitative estimate of drug-likeness (QED) is 0.695. The lowest BCUT2D eigenvalue weighted by Gasteiger charge is -2.22. The fraction of sp³-hybridized carbons (Fsp3) is 0.273. The second-order valence-electron chi connectivity index (χ2n) is 3.54. The third-order valence-corrected chi connectivity index (χ3v) is 2.48. The van der Waals surface area contributed by atoms with Gasteiger partial charge in [0.25, 0.3) is 0 Å². The van der Waals surface area contributed by atoms with Crippen LogP contribution in [0.15, 0.2) is 12.1 Å². The molecule has 1 aliphatic rings. The zero-order chi connectivity index (χ0) is 12.6. The molecule has 0 N–H and O–H groups in total. The second kappa shape index (κ2) is 4.12. The van der Waals surface area contributed by atoms with Crippen molar-refractivity contribution in [2.24, 2.45) is 0 Å². The van der Waals surface area contributed by atoms with Gasteiger partial charge in [0.2, 0.25) is 6.10 Å². The van der Waals surface area contributed by atoms with Gasteiger partial charge in [0.05, 0.1) is 12.7 Å². The number of fused-ring (bicyclic) bond motifs is 1. The molecule has 0 radical (unpaired) electrons. The van der Waals surface area contributed by atoms with E-state index in [2.05, 4.69) is 4.74 Å². The van der Waals surface area contributed by atoms with Crippen molar-refractivity contribution >= 4 is 11.9 Å². The largest absolute Gasteiger partial charge is 0.466 e. The van der Waals surface area contributed by atoms with E-state index >= 15 is 0 Å². The maximum Gasteiger partial charge on any atom is 0.347 e. The first kappa shape index (κ1) is 11.5. The Kier molecular flexibility index (Phi) is 2.79. The van der Waals surface area contributed by atoms with Crippen LogP contribution in [-0.2, 0) is 20.7 Å². The zero-order valence-corrected chi connectivity index (χ0v) is 8.83. The van der Waals surface area contributed by atoms with Gasteiger partial charge in [-0.3, -0.25) is 0 Å². The fourth-order valence-electron chi connectivity index (χ4n) is 1.64. The Labute approximate surface area is 95.1 Å². The van der Waals surface area contributed by atoms with Crippen LogP contribution in [0, 0.1) is 11.6 Å². The number of carbonyl (C=O) groups is 2. The van der Waals surface area contributed by atoms with Crippen molar-refractivity contribution in [1.82, 2.24) is 0 Å². The van der Waals surface area contributed by atoms with Gasteiger partial charge in [-0.2, -0.15) is 0 Å². The van der Waals surface area contributed by atoms with Crippen molar-refractivity contribution in [3.63, 3.8) is 0 Å². The van der Waals surface area contributed by atoms with Crippen LogP contribution in [0.2, 0.25) is 0 Å². The van der Waals surface area contributed by atoms with Crippen LogP contribution in [0.3, 0.4) is 0 Å². The molecule has 1 aromatic rings. The van der Waals surface area contributed by atoms with Gasteiger partial charge in [0.15, 0.2) is 11.6 Å². The van der Waals surface area contributed by atoms with E-state index in [1.807, 2.05) is 0 Å². The molecule has 0 bridgehead atoms. The summed E-state index contributed by atoms with van der Waals surface area (Å²) in [5.74, 6) is -3.78. The third kappa shape index (κ3) is 1.98. The summed E-state index contributed by atoms with van der Waals surface area (Å²) < 4.78 is 35.1. The summed E-state index contributed by atoms with van der Waals surface area (Å²) in [6.45, 7) is 0. The Balaban J connectivity index is 2.39. The van der Waals surface area contributed by atoms with Gasteiger partial charge < -0.3 is 9.47 Å². The fourth-order valence-corrected chi connectivity index (χ4v) is 1.64.